The molecule has 1 amide bonds. The van der Waals surface area contributed by atoms with E-state index in [1.54, 1.807) is 59.0 Å². The molecule has 3 heterocycles. The lowest BCUT2D eigenvalue weighted by Gasteiger charge is -2.49. The van der Waals surface area contributed by atoms with Crippen molar-refractivity contribution in [2.24, 2.45) is 11.5 Å². The Morgan fingerprint density at radius 1 is 0.629 bits per heavy atom. The number of carboxylic acid groups (broad SMARTS) is 1. The molecule has 4 aromatic carbocycles. The molecule has 6 aliphatic rings. The normalized spacial score (nSPS) is 22.7. The highest BCUT2D eigenvalue weighted by Gasteiger charge is 2.45. The number of aliphatic hydroxyl groups is 4. The van der Waals surface area contributed by atoms with Crippen LogP contribution in [0, 0.1) is 0 Å². The third kappa shape index (κ3) is 26.1. The first-order valence-electron chi connectivity index (χ1n) is 36.3. The summed E-state index contributed by atoms with van der Waals surface area (Å²) in [6, 6.07) is 47.2. The number of carbonyl (C=O) groups is 4. The number of carbonyl (C=O) groups excluding carboxylic acids is 3. The summed E-state index contributed by atoms with van der Waals surface area (Å²) in [6.07, 6.45) is 12.3. The van der Waals surface area contributed by atoms with Gasteiger partial charge in [0.1, 0.15) is 51.9 Å². The third-order valence-corrected chi connectivity index (χ3v) is 20.4. The van der Waals surface area contributed by atoms with Gasteiger partial charge in [-0.25, -0.2) is 19.6 Å². The Balaban J connectivity index is 0.000000183. The first-order valence-corrected chi connectivity index (χ1v) is 43.1. The summed E-state index contributed by atoms with van der Waals surface area (Å²) >= 11 is 0. The minimum Gasteiger partial charge on any atom is -0.545 e. The smallest absolute Gasteiger partial charge is 0.415 e. The molecule has 6 aliphatic carbocycles. The number of allylic oxidation sites excluding steroid dienone is 2. The number of hydrogen-bond acceptors (Lipinski definition) is 20. The van der Waals surface area contributed by atoms with Gasteiger partial charge in [-0.05, 0) is 167 Å². The third-order valence-electron chi connectivity index (χ3n) is 18.7. The van der Waals surface area contributed by atoms with E-state index in [1.807, 2.05) is 31.2 Å². The molecule has 5 saturated carbocycles. The molecule has 105 heavy (non-hydrogen) atoms. The highest BCUT2D eigenvalue weighted by atomic mass is 28.4. The Morgan fingerprint density at radius 2 is 1.06 bits per heavy atom. The minimum atomic E-state index is -1.43. The van der Waals surface area contributed by atoms with Crippen LogP contribution in [-0.2, 0) is 49.4 Å². The predicted molar refractivity (Wildman–Crippen MR) is 416 cm³/mol. The molecule has 0 saturated heterocycles. The van der Waals surface area contributed by atoms with Crippen molar-refractivity contribution < 1.29 is 63.0 Å². The largest absolute Gasteiger partial charge is 0.545 e. The van der Waals surface area contributed by atoms with Crippen molar-refractivity contribution in [2.45, 2.75) is 237 Å². The summed E-state index contributed by atoms with van der Waals surface area (Å²) in [4.78, 5) is 60.4. The van der Waals surface area contributed by atoms with Crippen LogP contribution >= 0.6 is 0 Å². The number of fused-ring (bicyclic) bond motifs is 1. The zero-order chi connectivity index (χ0) is 77.1. The Hall–Kier alpha value is -8.22. The summed E-state index contributed by atoms with van der Waals surface area (Å²) in [5, 5.41) is 53.5. The molecule has 0 radical (unpaired) electrons. The molecule has 2 unspecified atom stereocenters. The molecule has 570 valence electrons. The van der Waals surface area contributed by atoms with Crippen LogP contribution < -0.4 is 26.4 Å². The van der Waals surface area contributed by atoms with E-state index in [4.69, 9.17) is 45.1 Å². The minimum absolute atomic E-state index is 0.00463. The number of nitrogens with zero attached hydrogens (tertiary/aromatic N) is 7. The highest BCUT2D eigenvalue weighted by Crippen LogP contribution is 2.39. The van der Waals surface area contributed by atoms with Crippen molar-refractivity contribution in [2.75, 3.05) is 24.4 Å². The van der Waals surface area contributed by atoms with E-state index in [0.717, 1.165) is 102 Å². The molecular formula is C80H114N10O13Si2. The number of ether oxygens (including phenoxy) is 2. The average Bonchev–Trinajstić information content (AvgIpc) is 1.71. The van der Waals surface area contributed by atoms with E-state index in [2.05, 4.69) is 167 Å². The Bertz CT molecular complexity index is 3830. The number of ketones is 2. The number of methoxy groups -OCH3 is 1. The molecular weight excluding hydrogens is 1370 g/mol. The average molecular weight is 1480 g/mol. The fraction of sp³-hybridized carbons (Fsp3) is 0.487. The number of aromatic carboxylic acids is 1. The SMILES string of the molecule is COc1ncccc1Nc1cc(N(C)C(=O)OC(C)(C)C)n2ncc(C(=O)O)c2n1.C[C@@]1(O)CC[C@@H]1N.C[C@@]1(O)CC[C@@H]1N.C[C@@]1(O)CC[C@@H]1N(Cc1ccccc1)Cc1ccccc1.C[Si](C)(C)OC1=C(O[Si](C)(C)C)CC1.O=C1CCC1N(Cc1ccccc1)Cc1ccccc1.O=C1CCC1O. The van der Waals surface area contributed by atoms with Crippen molar-refractivity contribution in [3.8, 4) is 5.88 Å². The fourth-order valence-corrected chi connectivity index (χ4v) is 13.5. The summed E-state index contributed by atoms with van der Waals surface area (Å²) in [7, 11) is 0.118. The molecule has 0 spiro atoms. The quantitative estimate of drug-likeness (QED) is 0.0349. The standard InChI is InChI=1S/C19H22N6O5.C19H23NO.C18H19NO.C10H22O2Si2.2C5H11NO.C4H6O2/c1-19(2,3)30-18(28)24(4)14-9-13(22-12-7-6-8-20-16(12)29-5)23-15-11(17(26)27)10-21-25(14)15;1-19(21)13-12-18(19)20(14-16-8-4-2-5-9-16)15-17-10-6-3-7-11-17;20-18-12-11-17(18)19(13-15-7-3-1-4-8-15)14-16-9-5-2-6-10-16;1-13(2,3)11-9-7-8-10(9)12-14(4,5)6;2*1-5(7)3-2-4(5)6;5-3-1-2-4(3)6/h6-10H,1-5H3,(H,22,23)(H,26,27);2-11,18,21H,12-15H2,1H3;1-10,17H,11-14H2;7-8H2,1-6H3;2*4,7H,2-3,6H2,1H3;3,5H,1-2H2/t;18-,19+;;;2*4-,5+;/m.0..00./s1. The second kappa shape index (κ2) is 37.4. The number of nitrogens with two attached hydrogens (primary N) is 2. The van der Waals surface area contributed by atoms with Gasteiger partial charge in [-0.3, -0.25) is 24.3 Å². The Labute approximate surface area is 622 Å². The summed E-state index contributed by atoms with van der Waals surface area (Å²) in [5.41, 5.74) is 14.1. The number of rotatable bonds is 19. The van der Waals surface area contributed by atoms with Crippen LogP contribution in [0.25, 0.3) is 5.65 Å². The van der Waals surface area contributed by atoms with Crippen LogP contribution in [0.4, 0.5) is 22.1 Å². The van der Waals surface area contributed by atoms with E-state index in [-0.39, 0.29) is 52.8 Å². The number of hydrogen-bond donors (Lipinski definition) is 8. The zero-order valence-electron chi connectivity index (χ0n) is 63.9. The van der Waals surface area contributed by atoms with Crippen LogP contribution in [0.15, 0.2) is 163 Å². The number of pyridine rings is 1. The maximum Gasteiger partial charge on any atom is 0.415 e. The maximum atomic E-state index is 12.6. The maximum absolute atomic E-state index is 12.6. The second-order valence-electron chi connectivity index (χ2n) is 31.3. The van der Waals surface area contributed by atoms with Gasteiger partial charge in [-0.1, -0.05) is 121 Å². The number of Topliss-reactive ketones (excluding diaryl/α,β-unsaturated/α-hetero) is 2. The van der Waals surface area contributed by atoms with Gasteiger partial charge in [-0.2, -0.15) is 9.61 Å². The summed E-state index contributed by atoms with van der Waals surface area (Å²) in [5.74, 6) is 2.30. The molecule has 0 bridgehead atoms. The van der Waals surface area contributed by atoms with Gasteiger partial charge in [-0.15, -0.1) is 0 Å². The number of nitrogens with one attached hydrogen (secondary N) is 1. The molecule has 5 fully saturated rings. The van der Waals surface area contributed by atoms with E-state index in [9.17, 15) is 29.4 Å². The molecule has 0 aliphatic heterocycles. The van der Waals surface area contributed by atoms with E-state index in [1.165, 1.54) is 52.0 Å². The topological polar surface area (TPSA) is 323 Å². The number of benzene rings is 4. The second-order valence-corrected chi connectivity index (χ2v) is 40.2. The van der Waals surface area contributed by atoms with E-state index >= 15 is 0 Å². The monoisotopic (exact) mass is 1480 g/mol. The number of anilines is 3. The number of carboxylic acids is 1. The Kier molecular flexibility index (Phi) is 29.9. The van der Waals surface area contributed by atoms with Gasteiger partial charge in [0.05, 0.1) is 36.2 Å². The van der Waals surface area contributed by atoms with Gasteiger partial charge in [0.2, 0.25) is 22.5 Å². The first-order chi connectivity index (χ1) is 49.3. The number of aromatic nitrogens is 4. The molecule has 10 N–H and O–H groups in total. The lowest BCUT2D eigenvalue weighted by atomic mass is 9.75. The van der Waals surface area contributed by atoms with Crippen molar-refractivity contribution >= 4 is 63.2 Å². The molecule has 3 aromatic heterocycles. The van der Waals surface area contributed by atoms with Crippen molar-refractivity contribution in [1.29, 1.82) is 0 Å². The fourth-order valence-electron chi connectivity index (χ4n) is 11.6. The number of amides is 1. The van der Waals surface area contributed by atoms with Gasteiger partial charge in [0.15, 0.2) is 11.4 Å². The van der Waals surface area contributed by atoms with Crippen LogP contribution in [-0.4, -0.2) is 162 Å². The molecule has 8 atom stereocenters. The van der Waals surface area contributed by atoms with E-state index < -0.39 is 57.2 Å². The van der Waals surface area contributed by atoms with Crippen LogP contribution in [0.1, 0.15) is 151 Å². The Morgan fingerprint density at radius 3 is 1.35 bits per heavy atom. The predicted octanol–water partition coefficient (Wildman–Crippen LogP) is 13.1. The summed E-state index contributed by atoms with van der Waals surface area (Å²) in [6.45, 7) is 27.5. The van der Waals surface area contributed by atoms with E-state index in [0.29, 0.717) is 30.2 Å². The molecule has 25 heteroatoms. The van der Waals surface area contributed by atoms with Crippen LogP contribution in [0.5, 0.6) is 5.88 Å². The lowest BCUT2D eigenvalue weighted by Crippen LogP contribution is -2.58. The number of aliphatic hydroxyl groups excluding tert-OH is 1. The van der Waals surface area contributed by atoms with Gasteiger partial charge >= 0.3 is 12.1 Å². The van der Waals surface area contributed by atoms with Gasteiger partial charge in [0, 0.05) is 89.3 Å². The van der Waals surface area contributed by atoms with Crippen molar-refractivity contribution in [1.82, 2.24) is 29.4 Å². The highest BCUT2D eigenvalue weighted by molar-refractivity contribution is 6.70. The van der Waals surface area contributed by atoms with Crippen molar-refractivity contribution in [3.63, 3.8) is 0 Å². The first kappa shape index (κ1) is 84.0. The summed E-state index contributed by atoms with van der Waals surface area (Å²) < 4.78 is 23.8. The molecule has 13 rings (SSSR count). The van der Waals surface area contributed by atoms with Gasteiger partial charge < -0.3 is 60.6 Å². The van der Waals surface area contributed by atoms with Gasteiger partial charge in [0.25, 0.3) is 0 Å². The van der Waals surface area contributed by atoms with Crippen LogP contribution in [0.3, 0.4) is 0 Å². The van der Waals surface area contributed by atoms with Crippen molar-refractivity contribution in [3.05, 3.63) is 191 Å². The molecule has 23 nitrogen and oxygen atoms in total. The lowest BCUT2D eigenvalue weighted by molar-refractivity contribution is -0.135. The zero-order valence-corrected chi connectivity index (χ0v) is 65.9. The van der Waals surface area contributed by atoms with Crippen LogP contribution in [0.2, 0.25) is 39.3 Å². The molecule has 7 aromatic rings.